The molecule has 0 aromatic carbocycles. The van der Waals surface area contributed by atoms with Gasteiger partial charge in [-0.3, -0.25) is 9.59 Å². The summed E-state index contributed by atoms with van der Waals surface area (Å²) in [5, 5.41) is 7.00. The van der Waals surface area contributed by atoms with Crippen molar-refractivity contribution in [1.29, 1.82) is 0 Å². The number of piperidine rings is 1. The summed E-state index contributed by atoms with van der Waals surface area (Å²) in [6, 6.07) is 0.441. The molecule has 1 aliphatic carbocycles. The molecule has 0 spiro atoms. The summed E-state index contributed by atoms with van der Waals surface area (Å²) in [4.78, 5) is 29.8. The maximum atomic E-state index is 12.5. The molecule has 8 nitrogen and oxygen atoms in total. The number of hydrogen-bond donors (Lipinski definition) is 1. The highest BCUT2D eigenvalue weighted by molar-refractivity contribution is 5.90. The van der Waals surface area contributed by atoms with Gasteiger partial charge in [0.2, 0.25) is 11.7 Å². The highest BCUT2D eigenvalue weighted by Gasteiger charge is 2.41. The number of fused-ring (bicyclic) bond motifs is 1. The molecule has 1 aliphatic heterocycles. The molecule has 2 heterocycles. The molecule has 0 radical (unpaired) electrons. The molecule has 8 heteroatoms. The average Bonchev–Trinajstić information content (AvgIpc) is 3.08. The fourth-order valence-corrected chi connectivity index (χ4v) is 3.51. The van der Waals surface area contributed by atoms with E-state index in [1.54, 1.807) is 19.0 Å². The van der Waals surface area contributed by atoms with Crippen LogP contribution in [-0.2, 0) is 11.8 Å². The Morgan fingerprint density at radius 1 is 1.41 bits per heavy atom. The Bertz CT molecular complexity index is 599. The Hall–Kier alpha value is -2.12. The molecule has 22 heavy (non-hydrogen) atoms. The molecule has 2 aliphatic rings. The third-order valence-electron chi connectivity index (χ3n) is 4.79. The maximum absolute atomic E-state index is 12.5. The van der Waals surface area contributed by atoms with Crippen molar-refractivity contribution in [3.05, 3.63) is 5.82 Å². The van der Waals surface area contributed by atoms with Crippen molar-refractivity contribution in [2.75, 3.05) is 20.7 Å². The third kappa shape index (κ3) is 2.53. The van der Waals surface area contributed by atoms with E-state index < -0.39 is 0 Å². The highest BCUT2D eigenvalue weighted by atomic mass is 16.5. The van der Waals surface area contributed by atoms with Gasteiger partial charge in [-0.15, -0.1) is 5.10 Å². The van der Waals surface area contributed by atoms with Crippen molar-refractivity contribution in [2.45, 2.75) is 25.3 Å². The van der Waals surface area contributed by atoms with Gasteiger partial charge in [0.15, 0.2) is 0 Å². The molecule has 1 aromatic rings. The van der Waals surface area contributed by atoms with Crippen LogP contribution in [0, 0.1) is 11.8 Å². The Kier molecular flexibility index (Phi) is 3.76. The van der Waals surface area contributed by atoms with Gasteiger partial charge in [-0.25, -0.2) is 4.68 Å². The molecule has 1 saturated heterocycles. The lowest BCUT2D eigenvalue weighted by molar-refractivity contribution is -0.124. The molecular weight excluding hydrogens is 286 g/mol. The van der Waals surface area contributed by atoms with Crippen LogP contribution in [0.4, 0.5) is 0 Å². The number of nitrogens with one attached hydrogen (secondary N) is 1. The van der Waals surface area contributed by atoms with E-state index in [-0.39, 0.29) is 23.7 Å². The van der Waals surface area contributed by atoms with Crippen LogP contribution in [0.3, 0.4) is 0 Å². The molecule has 0 bridgehead atoms. The van der Waals surface area contributed by atoms with E-state index in [0.717, 1.165) is 19.4 Å². The van der Waals surface area contributed by atoms with Crippen molar-refractivity contribution in [3.63, 3.8) is 0 Å². The molecule has 0 unspecified atom stereocenters. The number of carbonyl (C=O) groups is 2. The molecular formula is C14H21N5O3. The zero-order chi connectivity index (χ0) is 15.9. The first-order chi connectivity index (χ1) is 10.5. The van der Waals surface area contributed by atoms with Crippen LogP contribution < -0.4 is 10.1 Å². The van der Waals surface area contributed by atoms with Gasteiger partial charge in [0.05, 0.1) is 7.11 Å². The lowest BCUT2D eigenvalue weighted by Gasteiger charge is -2.24. The van der Waals surface area contributed by atoms with Gasteiger partial charge >= 0.3 is 6.01 Å². The third-order valence-corrected chi connectivity index (χ3v) is 4.79. The second-order valence-electron chi connectivity index (χ2n) is 6.12. The minimum absolute atomic E-state index is 0.118. The van der Waals surface area contributed by atoms with Gasteiger partial charge in [-0.05, 0) is 24.7 Å². The molecule has 2 amide bonds. The monoisotopic (exact) mass is 307 g/mol. The summed E-state index contributed by atoms with van der Waals surface area (Å²) in [5.41, 5.74) is 0. The first kappa shape index (κ1) is 14.8. The fourth-order valence-electron chi connectivity index (χ4n) is 3.51. The van der Waals surface area contributed by atoms with Crippen molar-refractivity contribution in [2.24, 2.45) is 18.9 Å². The minimum atomic E-state index is -0.207. The number of amides is 2. The molecule has 1 N–H and O–H groups in total. The van der Waals surface area contributed by atoms with Crippen molar-refractivity contribution < 1.29 is 14.3 Å². The predicted molar refractivity (Wildman–Crippen MR) is 77.3 cm³/mol. The molecule has 3 rings (SSSR count). The summed E-state index contributed by atoms with van der Waals surface area (Å²) in [5.74, 6) is 0.893. The van der Waals surface area contributed by atoms with E-state index in [1.807, 2.05) is 0 Å². The van der Waals surface area contributed by atoms with Gasteiger partial charge < -0.3 is 15.0 Å². The minimum Gasteiger partial charge on any atom is -0.467 e. The number of ether oxygens (including phenoxy) is 1. The SMILES string of the molecule is COc1nc(C(=O)N(C)[C@H]2C[C@H]3CC(=O)NC[C@H]3C2)nn1C. The lowest BCUT2D eigenvalue weighted by Crippen LogP contribution is -2.38. The van der Waals surface area contributed by atoms with E-state index in [4.69, 9.17) is 4.74 Å². The summed E-state index contributed by atoms with van der Waals surface area (Å²) >= 11 is 0. The Morgan fingerprint density at radius 3 is 2.82 bits per heavy atom. The van der Waals surface area contributed by atoms with Crippen molar-refractivity contribution in [3.8, 4) is 6.01 Å². The smallest absolute Gasteiger partial charge is 0.314 e. The summed E-state index contributed by atoms with van der Waals surface area (Å²) in [6.07, 6.45) is 2.35. The first-order valence-corrected chi connectivity index (χ1v) is 7.48. The van der Waals surface area contributed by atoms with Crippen LogP contribution >= 0.6 is 0 Å². The van der Waals surface area contributed by atoms with E-state index in [0.29, 0.717) is 24.3 Å². The Labute approximate surface area is 128 Å². The average molecular weight is 307 g/mol. The van der Waals surface area contributed by atoms with E-state index in [9.17, 15) is 9.59 Å². The van der Waals surface area contributed by atoms with Gasteiger partial charge in [0, 0.05) is 33.1 Å². The molecule has 120 valence electrons. The summed E-state index contributed by atoms with van der Waals surface area (Å²) in [6.45, 7) is 0.720. The fraction of sp³-hybridized carbons (Fsp3) is 0.714. The summed E-state index contributed by atoms with van der Waals surface area (Å²) in [7, 11) is 4.96. The van der Waals surface area contributed by atoms with Crippen LogP contribution in [0.5, 0.6) is 6.01 Å². The van der Waals surface area contributed by atoms with Gasteiger partial charge in [0.1, 0.15) is 0 Å². The maximum Gasteiger partial charge on any atom is 0.314 e. The number of hydrogen-bond acceptors (Lipinski definition) is 5. The van der Waals surface area contributed by atoms with E-state index in [2.05, 4.69) is 15.4 Å². The normalized spacial score (nSPS) is 27.2. The van der Waals surface area contributed by atoms with Gasteiger partial charge in [-0.1, -0.05) is 0 Å². The van der Waals surface area contributed by atoms with Gasteiger partial charge in [-0.2, -0.15) is 4.98 Å². The number of aromatic nitrogens is 3. The second kappa shape index (κ2) is 5.58. The number of aryl methyl sites for hydroxylation is 1. The standard InChI is InChI=1S/C14H21N5O3/c1-18(13(21)12-16-14(22-3)19(2)17-12)10-4-8-6-11(20)15-7-9(8)5-10/h8-10H,4-7H2,1-3H3,(H,15,20)/t8-,9+,10-/m0/s1. The second-order valence-corrected chi connectivity index (χ2v) is 6.12. The molecule has 2 fully saturated rings. The predicted octanol–water partition coefficient (Wildman–Crippen LogP) is -0.190. The quantitative estimate of drug-likeness (QED) is 0.836. The first-order valence-electron chi connectivity index (χ1n) is 7.48. The highest BCUT2D eigenvalue weighted by Crippen LogP contribution is 2.38. The van der Waals surface area contributed by atoms with Crippen molar-refractivity contribution in [1.82, 2.24) is 25.0 Å². The lowest BCUT2D eigenvalue weighted by atomic mass is 9.89. The van der Waals surface area contributed by atoms with Crippen LogP contribution in [0.25, 0.3) is 0 Å². The largest absolute Gasteiger partial charge is 0.467 e. The van der Waals surface area contributed by atoms with E-state index >= 15 is 0 Å². The van der Waals surface area contributed by atoms with Crippen LogP contribution in [0.1, 0.15) is 29.9 Å². The van der Waals surface area contributed by atoms with E-state index in [1.165, 1.54) is 11.8 Å². The zero-order valence-electron chi connectivity index (χ0n) is 13.1. The molecule has 1 aromatic heterocycles. The molecule has 3 atom stereocenters. The number of methoxy groups -OCH3 is 1. The number of nitrogens with zero attached hydrogens (tertiary/aromatic N) is 4. The summed E-state index contributed by atoms with van der Waals surface area (Å²) < 4.78 is 6.49. The molecule has 1 saturated carbocycles. The Morgan fingerprint density at radius 2 is 2.14 bits per heavy atom. The van der Waals surface area contributed by atoms with Gasteiger partial charge in [0.25, 0.3) is 5.91 Å². The van der Waals surface area contributed by atoms with Crippen LogP contribution in [0.2, 0.25) is 0 Å². The van der Waals surface area contributed by atoms with Crippen molar-refractivity contribution >= 4 is 11.8 Å². The Balaban J connectivity index is 1.69. The topological polar surface area (TPSA) is 89.3 Å². The number of rotatable bonds is 3. The number of carbonyl (C=O) groups excluding carboxylic acids is 2. The van der Waals surface area contributed by atoms with Crippen LogP contribution in [0.15, 0.2) is 0 Å². The zero-order valence-corrected chi connectivity index (χ0v) is 13.1. The van der Waals surface area contributed by atoms with Crippen LogP contribution in [-0.4, -0.2) is 58.2 Å².